The maximum Gasteiger partial charge on any atom is 0.302 e. The molecule has 0 aliphatic heterocycles. The standard InChI is InChI=1S/C14H28O2S/c1-4-6-7-8-9-10-11-17-12-14(5-2)16-13(3)15/h14H,4-12H2,1-3H3. The maximum atomic E-state index is 10.8. The lowest BCUT2D eigenvalue weighted by Crippen LogP contribution is -2.18. The van der Waals surface area contributed by atoms with Crippen LogP contribution >= 0.6 is 11.8 Å². The summed E-state index contributed by atoms with van der Waals surface area (Å²) in [4.78, 5) is 10.8. The van der Waals surface area contributed by atoms with Gasteiger partial charge in [0.1, 0.15) is 6.10 Å². The van der Waals surface area contributed by atoms with Crippen LogP contribution in [0.5, 0.6) is 0 Å². The highest BCUT2D eigenvalue weighted by Crippen LogP contribution is 2.13. The van der Waals surface area contributed by atoms with Crippen molar-refractivity contribution in [1.82, 2.24) is 0 Å². The van der Waals surface area contributed by atoms with Gasteiger partial charge in [0.15, 0.2) is 0 Å². The molecule has 1 atom stereocenters. The molecule has 0 radical (unpaired) electrons. The van der Waals surface area contributed by atoms with Crippen LogP contribution in [0.2, 0.25) is 0 Å². The summed E-state index contributed by atoms with van der Waals surface area (Å²) in [5, 5.41) is 0. The molecule has 102 valence electrons. The fraction of sp³-hybridized carbons (Fsp3) is 0.929. The highest BCUT2D eigenvalue weighted by molar-refractivity contribution is 7.99. The Balaban J connectivity index is 3.28. The van der Waals surface area contributed by atoms with Gasteiger partial charge in [0, 0.05) is 12.7 Å². The van der Waals surface area contributed by atoms with Crippen molar-refractivity contribution in [3.63, 3.8) is 0 Å². The molecule has 0 aromatic carbocycles. The number of ether oxygens (including phenoxy) is 1. The topological polar surface area (TPSA) is 26.3 Å². The monoisotopic (exact) mass is 260 g/mol. The van der Waals surface area contributed by atoms with Crippen LogP contribution in [-0.4, -0.2) is 23.6 Å². The van der Waals surface area contributed by atoms with Crippen LogP contribution in [0, 0.1) is 0 Å². The lowest BCUT2D eigenvalue weighted by Gasteiger charge is -2.14. The molecule has 0 fully saturated rings. The molecule has 0 aromatic heterocycles. The number of hydrogen-bond acceptors (Lipinski definition) is 3. The molecule has 0 bridgehead atoms. The van der Waals surface area contributed by atoms with Crippen molar-refractivity contribution in [3.8, 4) is 0 Å². The summed E-state index contributed by atoms with van der Waals surface area (Å²) < 4.78 is 5.20. The molecule has 17 heavy (non-hydrogen) atoms. The van der Waals surface area contributed by atoms with Gasteiger partial charge in [-0.3, -0.25) is 4.79 Å². The first-order chi connectivity index (χ1) is 8.20. The fourth-order valence-corrected chi connectivity index (χ4v) is 2.81. The Kier molecular flexibility index (Phi) is 12.2. The lowest BCUT2D eigenvalue weighted by molar-refractivity contribution is -0.145. The number of carbonyl (C=O) groups is 1. The van der Waals surface area contributed by atoms with Crippen molar-refractivity contribution in [1.29, 1.82) is 0 Å². The summed E-state index contributed by atoms with van der Waals surface area (Å²) in [6.45, 7) is 5.80. The van der Waals surface area contributed by atoms with E-state index in [2.05, 4.69) is 13.8 Å². The molecule has 0 rings (SSSR count). The number of hydrogen-bond donors (Lipinski definition) is 0. The Hall–Kier alpha value is -0.180. The number of carbonyl (C=O) groups excluding carboxylic acids is 1. The normalized spacial score (nSPS) is 12.4. The van der Waals surface area contributed by atoms with E-state index < -0.39 is 0 Å². The van der Waals surface area contributed by atoms with Gasteiger partial charge in [-0.2, -0.15) is 11.8 Å². The van der Waals surface area contributed by atoms with Crippen molar-refractivity contribution in [2.45, 2.75) is 71.8 Å². The molecule has 2 nitrogen and oxygen atoms in total. The second-order valence-electron chi connectivity index (χ2n) is 4.48. The van der Waals surface area contributed by atoms with E-state index in [1.807, 2.05) is 11.8 Å². The smallest absolute Gasteiger partial charge is 0.302 e. The average molecular weight is 260 g/mol. The summed E-state index contributed by atoms with van der Waals surface area (Å²) in [6.07, 6.45) is 9.11. The predicted octanol–water partition coefficient (Wildman–Crippen LogP) is 4.42. The first-order valence-corrected chi connectivity index (χ1v) is 8.11. The van der Waals surface area contributed by atoms with E-state index in [0.717, 1.165) is 12.2 Å². The Bertz CT molecular complexity index is 183. The summed E-state index contributed by atoms with van der Waals surface area (Å²) >= 11 is 1.91. The molecule has 0 aliphatic rings. The van der Waals surface area contributed by atoms with E-state index >= 15 is 0 Å². The third-order valence-corrected chi connectivity index (χ3v) is 3.92. The first kappa shape index (κ1) is 16.8. The Labute approximate surface area is 111 Å². The van der Waals surface area contributed by atoms with Gasteiger partial charge < -0.3 is 4.74 Å². The molecule has 0 aliphatic carbocycles. The molecule has 0 spiro atoms. The summed E-state index contributed by atoms with van der Waals surface area (Å²) in [7, 11) is 0. The second kappa shape index (κ2) is 12.3. The van der Waals surface area contributed by atoms with E-state index in [0.29, 0.717) is 0 Å². The number of rotatable bonds is 11. The van der Waals surface area contributed by atoms with Gasteiger partial charge in [-0.1, -0.05) is 46.0 Å². The van der Waals surface area contributed by atoms with Gasteiger partial charge in [-0.25, -0.2) is 0 Å². The van der Waals surface area contributed by atoms with Gasteiger partial charge in [0.25, 0.3) is 0 Å². The zero-order valence-corrected chi connectivity index (χ0v) is 12.5. The van der Waals surface area contributed by atoms with Crippen LogP contribution in [0.1, 0.15) is 65.7 Å². The minimum Gasteiger partial charge on any atom is -0.462 e. The molecule has 1 unspecified atom stereocenters. The van der Waals surface area contributed by atoms with Crippen molar-refractivity contribution < 1.29 is 9.53 Å². The summed E-state index contributed by atoms with van der Waals surface area (Å²) in [5.74, 6) is 1.99. The molecule has 0 N–H and O–H groups in total. The third kappa shape index (κ3) is 12.1. The largest absolute Gasteiger partial charge is 0.462 e. The van der Waals surface area contributed by atoms with Gasteiger partial charge in [-0.05, 0) is 18.6 Å². The zero-order chi connectivity index (χ0) is 12.9. The number of unbranched alkanes of at least 4 members (excludes halogenated alkanes) is 5. The van der Waals surface area contributed by atoms with Crippen LogP contribution in [0.25, 0.3) is 0 Å². The molecule has 0 saturated carbocycles. The quantitative estimate of drug-likeness (QED) is 0.406. The minimum atomic E-state index is -0.156. The Morgan fingerprint density at radius 2 is 1.76 bits per heavy atom. The molecule has 0 amide bonds. The second-order valence-corrected chi connectivity index (χ2v) is 5.63. The zero-order valence-electron chi connectivity index (χ0n) is 11.7. The molecule has 0 saturated heterocycles. The summed E-state index contributed by atoms with van der Waals surface area (Å²) in [5.41, 5.74) is 0. The summed E-state index contributed by atoms with van der Waals surface area (Å²) in [6, 6.07) is 0. The van der Waals surface area contributed by atoms with Crippen LogP contribution in [0.15, 0.2) is 0 Å². The molecule has 0 heterocycles. The molecular formula is C14H28O2S. The Morgan fingerprint density at radius 1 is 1.12 bits per heavy atom. The van der Waals surface area contributed by atoms with Crippen molar-refractivity contribution >= 4 is 17.7 Å². The lowest BCUT2D eigenvalue weighted by atomic mass is 10.1. The van der Waals surface area contributed by atoms with Gasteiger partial charge in [-0.15, -0.1) is 0 Å². The van der Waals surface area contributed by atoms with Gasteiger partial charge in [0.05, 0.1) is 0 Å². The fourth-order valence-electron chi connectivity index (χ4n) is 1.67. The third-order valence-electron chi connectivity index (χ3n) is 2.73. The van der Waals surface area contributed by atoms with E-state index in [-0.39, 0.29) is 12.1 Å². The maximum absolute atomic E-state index is 10.8. The van der Waals surface area contributed by atoms with Crippen molar-refractivity contribution in [2.75, 3.05) is 11.5 Å². The number of esters is 1. The van der Waals surface area contributed by atoms with Crippen molar-refractivity contribution in [2.24, 2.45) is 0 Å². The average Bonchev–Trinajstić information content (AvgIpc) is 2.30. The van der Waals surface area contributed by atoms with Crippen LogP contribution < -0.4 is 0 Å². The van der Waals surface area contributed by atoms with Crippen LogP contribution in [0.4, 0.5) is 0 Å². The highest BCUT2D eigenvalue weighted by atomic mass is 32.2. The van der Waals surface area contributed by atoms with E-state index in [1.165, 1.54) is 51.2 Å². The van der Waals surface area contributed by atoms with Crippen molar-refractivity contribution in [3.05, 3.63) is 0 Å². The van der Waals surface area contributed by atoms with E-state index in [9.17, 15) is 4.79 Å². The molecular weight excluding hydrogens is 232 g/mol. The molecule has 3 heteroatoms. The van der Waals surface area contributed by atoms with E-state index in [1.54, 1.807) is 0 Å². The Morgan fingerprint density at radius 3 is 2.35 bits per heavy atom. The van der Waals surface area contributed by atoms with E-state index in [4.69, 9.17) is 4.74 Å². The predicted molar refractivity (Wildman–Crippen MR) is 76.5 cm³/mol. The molecule has 0 aromatic rings. The first-order valence-electron chi connectivity index (χ1n) is 6.95. The van der Waals surface area contributed by atoms with Gasteiger partial charge in [0.2, 0.25) is 0 Å². The van der Waals surface area contributed by atoms with Crippen LogP contribution in [0.3, 0.4) is 0 Å². The number of thioether (sulfide) groups is 1. The van der Waals surface area contributed by atoms with Crippen LogP contribution in [-0.2, 0) is 9.53 Å². The minimum absolute atomic E-state index is 0.109. The highest BCUT2D eigenvalue weighted by Gasteiger charge is 2.08. The SMILES string of the molecule is CCCCCCCCSCC(CC)OC(C)=O. The van der Waals surface area contributed by atoms with Gasteiger partial charge >= 0.3 is 5.97 Å².